The molecule has 0 saturated heterocycles. The van der Waals surface area contributed by atoms with Crippen LogP contribution in [0.4, 0.5) is 5.82 Å². The molecule has 0 spiro atoms. The van der Waals surface area contributed by atoms with E-state index in [1.807, 2.05) is 37.3 Å². The van der Waals surface area contributed by atoms with Crippen molar-refractivity contribution in [1.29, 1.82) is 5.26 Å². The lowest BCUT2D eigenvalue weighted by molar-refractivity contribution is -0.114. The molecule has 0 radical (unpaired) electrons. The number of amides is 1. The number of aromatic nitrogens is 1. The number of nitriles is 1. The molecule has 0 saturated carbocycles. The van der Waals surface area contributed by atoms with Gasteiger partial charge in [-0.3, -0.25) is 4.79 Å². The molecule has 0 aliphatic heterocycles. The number of anilines is 1. The van der Waals surface area contributed by atoms with E-state index in [0.29, 0.717) is 11.4 Å². The first-order valence-corrected chi connectivity index (χ1v) is 5.59. The summed E-state index contributed by atoms with van der Waals surface area (Å²) in [6.07, 6.45) is 0. The highest BCUT2D eigenvalue weighted by molar-refractivity contribution is 5.90. The zero-order valence-corrected chi connectivity index (χ0v) is 10.2. The van der Waals surface area contributed by atoms with Crippen molar-refractivity contribution in [2.45, 2.75) is 13.8 Å². The first-order valence-electron chi connectivity index (χ1n) is 5.59. The number of aromatic amines is 1. The molecule has 2 aromatic rings. The molecule has 1 heterocycles. The van der Waals surface area contributed by atoms with Crippen LogP contribution in [-0.4, -0.2) is 10.9 Å². The monoisotopic (exact) mass is 239 g/mol. The van der Waals surface area contributed by atoms with E-state index in [0.717, 1.165) is 16.8 Å². The third-order valence-corrected chi connectivity index (χ3v) is 2.73. The van der Waals surface area contributed by atoms with Gasteiger partial charge < -0.3 is 10.3 Å². The molecule has 0 aliphatic carbocycles. The van der Waals surface area contributed by atoms with Crippen LogP contribution in [0.25, 0.3) is 11.3 Å². The number of nitrogens with one attached hydrogen (secondary N) is 2. The number of hydrogen-bond donors (Lipinski definition) is 2. The number of nitrogens with zero attached hydrogens (tertiary/aromatic N) is 1. The summed E-state index contributed by atoms with van der Waals surface area (Å²) in [5.41, 5.74) is 3.16. The highest BCUT2D eigenvalue weighted by Crippen LogP contribution is 2.29. The normalized spacial score (nSPS) is 9.83. The molecule has 90 valence electrons. The van der Waals surface area contributed by atoms with Gasteiger partial charge in [0.15, 0.2) is 0 Å². The Balaban J connectivity index is 2.54. The molecule has 4 nitrogen and oxygen atoms in total. The Morgan fingerprint density at radius 3 is 2.56 bits per heavy atom. The van der Waals surface area contributed by atoms with Gasteiger partial charge in [0.2, 0.25) is 5.91 Å². The predicted octanol–water partition coefficient (Wildman–Crippen LogP) is 2.82. The van der Waals surface area contributed by atoms with Gasteiger partial charge in [0.25, 0.3) is 0 Å². The van der Waals surface area contributed by atoms with Crippen molar-refractivity contribution < 1.29 is 4.79 Å². The lowest BCUT2D eigenvalue weighted by Gasteiger charge is -1.99. The maximum absolute atomic E-state index is 11.1. The van der Waals surface area contributed by atoms with Crippen molar-refractivity contribution >= 4 is 11.7 Å². The predicted molar refractivity (Wildman–Crippen MR) is 70.0 cm³/mol. The summed E-state index contributed by atoms with van der Waals surface area (Å²) in [7, 11) is 0. The summed E-state index contributed by atoms with van der Waals surface area (Å²) in [5.74, 6) is 0.258. The molecule has 2 rings (SSSR count). The van der Waals surface area contributed by atoms with E-state index in [4.69, 9.17) is 5.26 Å². The number of benzene rings is 1. The van der Waals surface area contributed by atoms with Crippen LogP contribution in [0, 0.1) is 18.3 Å². The van der Waals surface area contributed by atoms with Crippen LogP contribution >= 0.6 is 0 Å². The Hall–Kier alpha value is -2.54. The lowest BCUT2D eigenvalue weighted by Crippen LogP contribution is -2.07. The molecule has 0 atom stereocenters. The summed E-state index contributed by atoms with van der Waals surface area (Å²) in [5, 5.41) is 11.8. The van der Waals surface area contributed by atoms with Crippen LogP contribution < -0.4 is 5.32 Å². The number of carbonyl (C=O) groups excluding carboxylic acids is 1. The highest BCUT2D eigenvalue weighted by Gasteiger charge is 2.15. The highest BCUT2D eigenvalue weighted by atomic mass is 16.1. The largest absolute Gasteiger partial charge is 0.340 e. The second-order valence-corrected chi connectivity index (χ2v) is 4.03. The van der Waals surface area contributed by atoms with Crippen molar-refractivity contribution in [2.24, 2.45) is 0 Å². The molecule has 2 N–H and O–H groups in total. The summed E-state index contributed by atoms with van der Waals surface area (Å²) in [4.78, 5) is 14.2. The quantitative estimate of drug-likeness (QED) is 0.846. The number of rotatable bonds is 2. The van der Waals surface area contributed by atoms with E-state index >= 15 is 0 Å². The Morgan fingerprint density at radius 2 is 2.00 bits per heavy atom. The van der Waals surface area contributed by atoms with Crippen LogP contribution in [0.2, 0.25) is 0 Å². The van der Waals surface area contributed by atoms with Gasteiger partial charge in [-0.15, -0.1) is 0 Å². The molecule has 1 amide bonds. The van der Waals surface area contributed by atoms with E-state index in [-0.39, 0.29) is 5.91 Å². The fraction of sp³-hybridized carbons (Fsp3) is 0.143. The Bertz CT molecular complexity index is 620. The fourth-order valence-corrected chi connectivity index (χ4v) is 1.90. The molecule has 1 aromatic carbocycles. The average molecular weight is 239 g/mol. The summed E-state index contributed by atoms with van der Waals surface area (Å²) in [6, 6.07) is 11.8. The van der Waals surface area contributed by atoms with Crippen molar-refractivity contribution in [2.75, 3.05) is 5.32 Å². The van der Waals surface area contributed by atoms with E-state index < -0.39 is 0 Å². The van der Waals surface area contributed by atoms with Crippen LogP contribution in [0.1, 0.15) is 18.1 Å². The second kappa shape index (κ2) is 4.76. The minimum absolute atomic E-state index is 0.202. The van der Waals surface area contributed by atoms with Gasteiger partial charge >= 0.3 is 0 Å². The molecule has 18 heavy (non-hydrogen) atoms. The summed E-state index contributed by atoms with van der Waals surface area (Å²) >= 11 is 0. The number of carbonyl (C=O) groups is 1. The first kappa shape index (κ1) is 11.9. The van der Waals surface area contributed by atoms with E-state index in [1.54, 1.807) is 0 Å². The zero-order valence-electron chi connectivity index (χ0n) is 10.2. The van der Waals surface area contributed by atoms with Crippen LogP contribution in [0.15, 0.2) is 30.3 Å². The van der Waals surface area contributed by atoms with Crippen molar-refractivity contribution in [3.8, 4) is 17.3 Å². The molecule has 0 fully saturated rings. The Labute approximate surface area is 105 Å². The number of hydrogen-bond acceptors (Lipinski definition) is 2. The third-order valence-electron chi connectivity index (χ3n) is 2.73. The minimum atomic E-state index is -0.202. The van der Waals surface area contributed by atoms with Gasteiger partial charge in [-0.05, 0) is 18.1 Å². The maximum Gasteiger partial charge on any atom is 0.222 e. The van der Waals surface area contributed by atoms with Gasteiger partial charge in [-0.25, -0.2) is 0 Å². The zero-order chi connectivity index (χ0) is 13.1. The van der Waals surface area contributed by atoms with E-state index in [9.17, 15) is 4.79 Å². The van der Waals surface area contributed by atoms with Crippen molar-refractivity contribution in [3.05, 3.63) is 41.5 Å². The molecule has 0 bridgehead atoms. The molecule has 0 unspecified atom stereocenters. The fourth-order valence-electron chi connectivity index (χ4n) is 1.90. The van der Waals surface area contributed by atoms with E-state index in [1.165, 1.54) is 6.92 Å². The topological polar surface area (TPSA) is 68.7 Å². The molecular formula is C14H13N3O. The smallest absolute Gasteiger partial charge is 0.222 e. The third kappa shape index (κ3) is 2.11. The first-order chi connectivity index (χ1) is 8.63. The van der Waals surface area contributed by atoms with Gasteiger partial charge in [-0.2, -0.15) is 5.26 Å². The molecular weight excluding hydrogens is 226 g/mol. The van der Waals surface area contributed by atoms with E-state index in [2.05, 4.69) is 16.4 Å². The summed E-state index contributed by atoms with van der Waals surface area (Å²) < 4.78 is 0. The standard InChI is InChI=1S/C14H13N3O/c1-9-12(8-15)14(16-10(2)18)17-13(9)11-6-4-3-5-7-11/h3-7,17H,1-2H3,(H,16,18). The molecule has 1 aromatic heterocycles. The van der Waals surface area contributed by atoms with Gasteiger partial charge in [0.05, 0.1) is 11.3 Å². The second-order valence-electron chi connectivity index (χ2n) is 4.03. The number of H-pyrrole nitrogens is 1. The van der Waals surface area contributed by atoms with Gasteiger partial charge in [0.1, 0.15) is 11.9 Å². The maximum atomic E-state index is 11.1. The summed E-state index contributed by atoms with van der Waals surface area (Å²) in [6.45, 7) is 3.28. The van der Waals surface area contributed by atoms with Crippen LogP contribution in [-0.2, 0) is 4.79 Å². The molecule has 4 heteroatoms. The van der Waals surface area contributed by atoms with Gasteiger partial charge in [-0.1, -0.05) is 30.3 Å². The minimum Gasteiger partial charge on any atom is -0.340 e. The SMILES string of the molecule is CC(=O)Nc1[nH]c(-c2ccccc2)c(C)c1C#N. The van der Waals surface area contributed by atoms with Crippen molar-refractivity contribution in [1.82, 2.24) is 4.98 Å². The van der Waals surface area contributed by atoms with Crippen LogP contribution in [0.3, 0.4) is 0 Å². The van der Waals surface area contributed by atoms with Crippen molar-refractivity contribution in [3.63, 3.8) is 0 Å². The van der Waals surface area contributed by atoms with Crippen LogP contribution in [0.5, 0.6) is 0 Å². The van der Waals surface area contributed by atoms with Gasteiger partial charge in [0, 0.05) is 6.92 Å². The Morgan fingerprint density at radius 1 is 1.33 bits per heavy atom. The lowest BCUT2D eigenvalue weighted by atomic mass is 10.1. The average Bonchev–Trinajstić information content (AvgIpc) is 2.66. The Kier molecular flexibility index (Phi) is 3.16. The molecule has 0 aliphatic rings.